The summed E-state index contributed by atoms with van der Waals surface area (Å²) in [5, 5.41) is 10.9. The summed E-state index contributed by atoms with van der Waals surface area (Å²) in [6, 6.07) is 10.1. The summed E-state index contributed by atoms with van der Waals surface area (Å²) in [4.78, 5) is 10.4. The van der Waals surface area contributed by atoms with Crippen molar-refractivity contribution in [2.45, 2.75) is 6.61 Å². The maximum absolute atomic E-state index is 10.9. The van der Waals surface area contributed by atoms with E-state index in [0.29, 0.717) is 27.3 Å². The standard InChI is InChI=1S/C14H10BrNO5/c15-14-9(2-1-3-11(14)16(17)18)7-19-10-4-5-12-13(6-10)21-8-20-12/h1-6H,7-8H2. The van der Waals surface area contributed by atoms with E-state index in [-0.39, 0.29) is 19.1 Å². The number of hydrogen-bond donors (Lipinski definition) is 0. The van der Waals surface area contributed by atoms with Crippen LogP contribution in [0.5, 0.6) is 17.2 Å². The van der Waals surface area contributed by atoms with Crippen molar-refractivity contribution in [3.63, 3.8) is 0 Å². The maximum Gasteiger partial charge on any atom is 0.283 e. The number of halogens is 1. The largest absolute Gasteiger partial charge is 0.489 e. The molecular formula is C14H10BrNO5. The SMILES string of the molecule is O=[N+]([O-])c1cccc(COc2ccc3c(c2)OCO3)c1Br. The lowest BCUT2D eigenvalue weighted by Crippen LogP contribution is -1.99. The van der Waals surface area contributed by atoms with Gasteiger partial charge in [-0.2, -0.15) is 0 Å². The number of nitro benzene ring substituents is 1. The zero-order valence-corrected chi connectivity index (χ0v) is 12.3. The summed E-state index contributed by atoms with van der Waals surface area (Å²) in [5.41, 5.74) is 0.712. The van der Waals surface area contributed by atoms with Crippen molar-refractivity contribution in [2.24, 2.45) is 0 Å². The molecule has 0 saturated heterocycles. The summed E-state index contributed by atoms with van der Waals surface area (Å²) in [6.07, 6.45) is 0. The van der Waals surface area contributed by atoms with Crippen LogP contribution in [0.3, 0.4) is 0 Å². The van der Waals surface area contributed by atoms with Gasteiger partial charge in [-0.15, -0.1) is 0 Å². The summed E-state index contributed by atoms with van der Waals surface area (Å²) in [5.74, 6) is 1.92. The third kappa shape index (κ3) is 2.78. The predicted molar refractivity (Wildman–Crippen MR) is 77.7 cm³/mol. The highest BCUT2D eigenvalue weighted by atomic mass is 79.9. The van der Waals surface area contributed by atoms with E-state index in [9.17, 15) is 10.1 Å². The molecule has 0 unspecified atom stereocenters. The smallest absolute Gasteiger partial charge is 0.283 e. The average molecular weight is 352 g/mol. The van der Waals surface area contributed by atoms with Crippen LogP contribution in [-0.4, -0.2) is 11.7 Å². The first-order valence-corrected chi connectivity index (χ1v) is 6.88. The Balaban J connectivity index is 1.76. The Hall–Kier alpha value is -2.28. The third-order valence-corrected chi connectivity index (χ3v) is 3.91. The van der Waals surface area contributed by atoms with E-state index in [1.807, 2.05) is 0 Å². The number of benzene rings is 2. The van der Waals surface area contributed by atoms with Gasteiger partial charge in [0, 0.05) is 17.7 Å². The zero-order valence-electron chi connectivity index (χ0n) is 10.7. The van der Waals surface area contributed by atoms with Crippen LogP contribution in [0.15, 0.2) is 40.9 Å². The van der Waals surface area contributed by atoms with Gasteiger partial charge in [0.05, 0.1) is 4.92 Å². The molecule has 0 aromatic heterocycles. The van der Waals surface area contributed by atoms with Gasteiger partial charge in [0.15, 0.2) is 11.5 Å². The molecule has 0 atom stereocenters. The van der Waals surface area contributed by atoms with Crippen molar-refractivity contribution >= 4 is 21.6 Å². The molecule has 3 rings (SSSR count). The van der Waals surface area contributed by atoms with Crippen LogP contribution in [0, 0.1) is 10.1 Å². The van der Waals surface area contributed by atoms with Crippen LogP contribution in [0.25, 0.3) is 0 Å². The minimum Gasteiger partial charge on any atom is -0.489 e. The molecule has 108 valence electrons. The summed E-state index contributed by atoms with van der Waals surface area (Å²) >= 11 is 3.24. The minimum absolute atomic E-state index is 0.0155. The van der Waals surface area contributed by atoms with Crippen LogP contribution in [0.2, 0.25) is 0 Å². The summed E-state index contributed by atoms with van der Waals surface area (Å²) in [6.45, 7) is 0.414. The van der Waals surface area contributed by atoms with E-state index in [1.54, 1.807) is 30.3 Å². The van der Waals surface area contributed by atoms with Gasteiger partial charge in [-0.1, -0.05) is 12.1 Å². The molecule has 0 amide bonds. The predicted octanol–water partition coefficient (Wildman–Crippen LogP) is 3.67. The van der Waals surface area contributed by atoms with Crippen molar-refractivity contribution in [1.82, 2.24) is 0 Å². The van der Waals surface area contributed by atoms with Gasteiger partial charge in [0.2, 0.25) is 6.79 Å². The Morgan fingerprint density at radius 1 is 1.24 bits per heavy atom. The molecule has 1 heterocycles. The lowest BCUT2D eigenvalue weighted by Gasteiger charge is -2.08. The number of rotatable bonds is 4. The second kappa shape index (κ2) is 5.61. The topological polar surface area (TPSA) is 70.8 Å². The van der Waals surface area contributed by atoms with Gasteiger partial charge >= 0.3 is 0 Å². The molecule has 0 spiro atoms. The van der Waals surface area contributed by atoms with Gasteiger partial charge in [-0.3, -0.25) is 10.1 Å². The maximum atomic E-state index is 10.9. The average Bonchev–Trinajstić information content (AvgIpc) is 2.93. The molecule has 21 heavy (non-hydrogen) atoms. The fraction of sp³-hybridized carbons (Fsp3) is 0.143. The molecule has 7 heteroatoms. The Morgan fingerprint density at radius 2 is 2.05 bits per heavy atom. The van der Waals surface area contributed by atoms with Crippen molar-refractivity contribution in [3.8, 4) is 17.2 Å². The molecule has 0 fully saturated rings. The molecule has 2 aromatic rings. The molecule has 0 saturated carbocycles. The highest BCUT2D eigenvalue weighted by Crippen LogP contribution is 2.36. The number of nitrogens with zero attached hydrogens (tertiary/aromatic N) is 1. The molecule has 0 bridgehead atoms. The first-order valence-electron chi connectivity index (χ1n) is 6.09. The van der Waals surface area contributed by atoms with Crippen molar-refractivity contribution < 1.29 is 19.1 Å². The van der Waals surface area contributed by atoms with Gasteiger partial charge < -0.3 is 14.2 Å². The quantitative estimate of drug-likeness (QED) is 0.620. The van der Waals surface area contributed by atoms with Gasteiger partial charge in [0.25, 0.3) is 5.69 Å². The van der Waals surface area contributed by atoms with Crippen LogP contribution in [-0.2, 0) is 6.61 Å². The van der Waals surface area contributed by atoms with Crippen molar-refractivity contribution in [1.29, 1.82) is 0 Å². The molecule has 2 aromatic carbocycles. The molecule has 1 aliphatic rings. The molecule has 6 nitrogen and oxygen atoms in total. The number of fused-ring (bicyclic) bond motifs is 1. The van der Waals surface area contributed by atoms with E-state index in [2.05, 4.69) is 15.9 Å². The fourth-order valence-electron chi connectivity index (χ4n) is 1.95. The van der Waals surface area contributed by atoms with Crippen LogP contribution < -0.4 is 14.2 Å². The number of hydrogen-bond acceptors (Lipinski definition) is 5. The van der Waals surface area contributed by atoms with E-state index in [4.69, 9.17) is 14.2 Å². The van der Waals surface area contributed by atoms with Crippen LogP contribution >= 0.6 is 15.9 Å². The van der Waals surface area contributed by atoms with Crippen LogP contribution in [0.1, 0.15) is 5.56 Å². The highest BCUT2D eigenvalue weighted by Gasteiger charge is 2.16. The monoisotopic (exact) mass is 351 g/mol. The first kappa shape index (κ1) is 13.7. The number of nitro groups is 1. The van der Waals surface area contributed by atoms with E-state index in [0.717, 1.165) is 0 Å². The first-order chi connectivity index (χ1) is 10.1. The van der Waals surface area contributed by atoms with Gasteiger partial charge in [0.1, 0.15) is 16.8 Å². The lowest BCUT2D eigenvalue weighted by atomic mass is 10.2. The Kier molecular flexibility index (Phi) is 3.66. The van der Waals surface area contributed by atoms with Gasteiger partial charge in [-0.05, 0) is 28.1 Å². The molecular weight excluding hydrogens is 342 g/mol. The zero-order chi connectivity index (χ0) is 14.8. The highest BCUT2D eigenvalue weighted by molar-refractivity contribution is 9.10. The second-order valence-electron chi connectivity index (χ2n) is 4.31. The molecule has 1 aliphatic heterocycles. The van der Waals surface area contributed by atoms with E-state index >= 15 is 0 Å². The van der Waals surface area contributed by atoms with Crippen molar-refractivity contribution in [3.05, 3.63) is 56.5 Å². The van der Waals surface area contributed by atoms with E-state index < -0.39 is 4.92 Å². The Morgan fingerprint density at radius 3 is 2.86 bits per heavy atom. The molecule has 0 radical (unpaired) electrons. The van der Waals surface area contributed by atoms with E-state index in [1.165, 1.54) is 6.07 Å². The lowest BCUT2D eigenvalue weighted by molar-refractivity contribution is -0.385. The Bertz CT molecular complexity index is 704. The van der Waals surface area contributed by atoms with Crippen molar-refractivity contribution in [2.75, 3.05) is 6.79 Å². The second-order valence-corrected chi connectivity index (χ2v) is 5.10. The fourth-order valence-corrected chi connectivity index (χ4v) is 2.47. The van der Waals surface area contributed by atoms with Gasteiger partial charge in [-0.25, -0.2) is 0 Å². The summed E-state index contributed by atoms with van der Waals surface area (Å²) < 4.78 is 16.6. The molecule has 0 N–H and O–H groups in total. The summed E-state index contributed by atoms with van der Waals surface area (Å²) in [7, 11) is 0. The third-order valence-electron chi connectivity index (χ3n) is 2.99. The normalized spacial score (nSPS) is 12.2. The van der Waals surface area contributed by atoms with Crippen LogP contribution in [0.4, 0.5) is 5.69 Å². The number of ether oxygens (including phenoxy) is 3. The molecule has 0 aliphatic carbocycles. The Labute approximate surface area is 128 Å². The minimum atomic E-state index is -0.436.